The monoisotopic (exact) mass is 199 g/mol. The van der Waals surface area contributed by atoms with Gasteiger partial charge in [0, 0.05) is 12.6 Å². The third kappa shape index (κ3) is 4.07. The largest absolute Gasteiger partial charge is 0.368 e. The number of carbonyl (C=O) groups is 1. The molecule has 0 spiro atoms. The molecule has 1 unspecified atom stereocenters. The van der Waals surface area contributed by atoms with Crippen molar-refractivity contribution in [2.24, 2.45) is 5.73 Å². The van der Waals surface area contributed by atoms with E-state index in [-0.39, 0.29) is 11.9 Å². The van der Waals surface area contributed by atoms with E-state index in [0.29, 0.717) is 6.04 Å². The second-order valence-electron chi connectivity index (χ2n) is 4.16. The van der Waals surface area contributed by atoms with Crippen LogP contribution in [0.15, 0.2) is 0 Å². The molecule has 14 heavy (non-hydrogen) atoms. The summed E-state index contributed by atoms with van der Waals surface area (Å²) in [5.41, 5.74) is 5.33. The predicted molar refractivity (Wildman–Crippen MR) is 56.9 cm³/mol. The van der Waals surface area contributed by atoms with Gasteiger partial charge in [-0.05, 0) is 32.9 Å². The van der Waals surface area contributed by atoms with Crippen molar-refractivity contribution in [3.8, 4) is 0 Å². The topological polar surface area (TPSA) is 58.4 Å². The van der Waals surface area contributed by atoms with Crippen molar-refractivity contribution < 1.29 is 4.79 Å². The minimum Gasteiger partial charge on any atom is -0.368 e. The van der Waals surface area contributed by atoms with Crippen LogP contribution < -0.4 is 11.1 Å². The smallest absolute Gasteiger partial charge is 0.235 e. The molecule has 1 fully saturated rings. The molecular formula is C10H21N3O. The first-order valence-electron chi connectivity index (χ1n) is 5.37. The van der Waals surface area contributed by atoms with Gasteiger partial charge in [-0.25, -0.2) is 0 Å². The van der Waals surface area contributed by atoms with Crippen LogP contribution in [0.3, 0.4) is 0 Å². The van der Waals surface area contributed by atoms with Gasteiger partial charge in [-0.2, -0.15) is 0 Å². The number of amides is 1. The summed E-state index contributed by atoms with van der Waals surface area (Å²) in [4.78, 5) is 13.3. The van der Waals surface area contributed by atoms with Crippen LogP contribution >= 0.6 is 0 Å². The molecule has 0 heterocycles. The fourth-order valence-corrected chi connectivity index (χ4v) is 1.54. The SMILES string of the molecule is CCCN(C)CC(NC1CC1)C(N)=O. The quantitative estimate of drug-likeness (QED) is 0.603. The summed E-state index contributed by atoms with van der Waals surface area (Å²) in [6.07, 6.45) is 3.47. The summed E-state index contributed by atoms with van der Waals surface area (Å²) in [7, 11) is 2.02. The van der Waals surface area contributed by atoms with Crippen molar-refractivity contribution in [1.82, 2.24) is 10.2 Å². The molecular weight excluding hydrogens is 178 g/mol. The minimum absolute atomic E-state index is 0.181. The molecule has 1 aliphatic carbocycles. The van der Waals surface area contributed by atoms with Crippen LogP contribution in [0.1, 0.15) is 26.2 Å². The summed E-state index contributed by atoms with van der Waals surface area (Å²) in [6.45, 7) is 3.86. The van der Waals surface area contributed by atoms with E-state index in [1.54, 1.807) is 0 Å². The number of hydrogen-bond donors (Lipinski definition) is 2. The maximum atomic E-state index is 11.1. The van der Waals surface area contributed by atoms with Crippen LogP contribution in [-0.4, -0.2) is 43.0 Å². The van der Waals surface area contributed by atoms with Gasteiger partial charge in [0.15, 0.2) is 0 Å². The third-order valence-electron chi connectivity index (χ3n) is 2.46. The number of likely N-dealkylation sites (N-methyl/N-ethyl adjacent to an activating group) is 1. The lowest BCUT2D eigenvalue weighted by atomic mass is 10.2. The standard InChI is InChI=1S/C10H21N3O/c1-3-6-13(2)7-9(10(11)14)12-8-4-5-8/h8-9,12H,3-7H2,1-2H3,(H2,11,14). The fourth-order valence-electron chi connectivity index (χ4n) is 1.54. The summed E-state index contributed by atoms with van der Waals surface area (Å²) >= 11 is 0. The maximum Gasteiger partial charge on any atom is 0.235 e. The number of nitrogens with two attached hydrogens (primary N) is 1. The Balaban J connectivity index is 2.29. The second kappa shape index (κ2) is 5.32. The van der Waals surface area contributed by atoms with Gasteiger partial charge in [0.05, 0.1) is 6.04 Å². The molecule has 0 bridgehead atoms. The number of hydrogen-bond acceptors (Lipinski definition) is 3. The van der Waals surface area contributed by atoms with Crippen LogP contribution in [-0.2, 0) is 4.79 Å². The Bertz CT molecular complexity index is 192. The van der Waals surface area contributed by atoms with Crippen molar-refractivity contribution in [2.75, 3.05) is 20.1 Å². The molecule has 1 saturated carbocycles. The molecule has 0 saturated heterocycles. The molecule has 1 amide bonds. The summed E-state index contributed by atoms with van der Waals surface area (Å²) < 4.78 is 0. The molecule has 1 rings (SSSR count). The predicted octanol–water partition coefficient (Wildman–Crippen LogP) is -0.0659. The molecule has 0 aliphatic heterocycles. The highest BCUT2D eigenvalue weighted by molar-refractivity contribution is 5.80. The van der Waals surface area contributed by atoms with Crippen LogP contribution in [0.2, 0.25) is 0 Å². The highest BCUT2D eigenvalue weighted by Crippen LogP contribution is 2.19. The number of nitrogens with one attached hydrogen (secondary N) is 1. The minimum atomic E-state index is -0.236. The maximum absolute atomic E-state index is 11.1. The van der Waals surface area contributed by atoms with Gasteiger partial charge in [0.2, 0.25) is 5.91 Å². The highest BCUT2D eigenvalue weighted by atomic mass is 16.1. The van der Waals surface area contributed by atoms with Crippen LogP contribution in [0.4, 0.5) is 0 Å². The zero-order valence-corrected chi connectivity index (χ0v) is 9.12. The molecule has 0 aromatic carbocycles. The van der Waals surface area contributed by atoms with E-state index in [4.69, 9.17) is 5.73 Å². The molecule has 82 valence electrons. The zero-order chi connectivity index (χ0) is 10.6. The fraction of sp³-hybridized carbons (Fsp3) is 0.900. The van der Waals surface area contributed by atoms with Crippen molar-refractivity contribution in [2.45, 2.75) is 38.3 Å². The Kier molecular flexibility index (Phi) is 4.35. The molecule has 3 N–H and O–H groups in total. The van der Waals surface area contributed by atoms with E-state index in [2.05, 4.69) is 17.1 Å². The number of nitrogens with zero attached hydrogens (tertiary/aromatic N) is 1. The van der Waals surface area contributed by atoms with Gasteiger partial charge in [-0.1, -0.05) is 6.92 Å². The van der Waals surface area contributed by atoms with E-state index < -0.39 is 0 Å². The Labute approximate surface area is 85.8 Å². The first-order valence-corrected chi connectivity index (χ1v) is 5.37. The van der Waals surface area contributed by atoms with Crippen molar-refractivity contribution in [3.63, 3.8) is 0 Å². The van der Waals surface area contributed by atoms with Crippen LogP contribution in [0, 0.1) is 0 Å². The summed E-state index contributed by atoms with van der Waals surface area (Å²) in [5.74, 6) is -0.236. The van der Waals surface area contributed by atoms with Crippen LogP contribution in [0.25, 0.3) is 0 Å². The van der Waals surface area contributed by atoms with Crippen molar-refractivity contribution >= 4 is 5.91 Å². The second-order valence-corrected chi connectivity index (χ2v) is 4.16. The summed E-state index contributed by atoms with van der Waals surface area (Å²) in [6, 6.07) is 0.349. The Morgan fingerprint density at radius 3 is 2.71 bits per heavy atom. The van der Waals surface area contributed by atoms with E-state index in [0.717, 1.165) is 19.5 Å². The molecule has 0 aromatic rings. The van der Waals surface area contributed by atoms with Gasteiger partial charge in [0.25, 0.3) is 0 Å². The molecule has 0 radical (unpaired) electrons. The molecule has 4 heteroatoms. The number of primary amides is 1. The van der Waals surface area contributed by atoms with E-state index in [1.165, 1.54) is 12.8 Å². The first kappa shape index (κ1) is 11.5. The lowest BCUT2D eigenvalue weighted by Crippen LogP contribution is -2.49. The summed E-state index contributed by atoms with van der Waals surface area (Å²) in [5, 5.41) is 3.26. The molecule has 1 atom stereocenters. The number of rotatable bonds is 7. The van der Waals surface area contributed by atoms with E-state index in [1.807, 2.05) is 7.05 Å². The lowest BCUT2D eigenvalue weighted by Gasteiger charge is -2.22. The van der Waals surface area contributed by atoms with Gasteiger partial charge in [0.1, 0.15) is 0 Å². The molecule has 4 nitrogen and oxygen atoms in total. The average molecular weight is 199 g/mol. The van der Waals surface area contributed by atoms with E-state index in [9.17, 15) is 4.79 Å². The average Bonchev–Trinajstić information content (AvgIpc) is 2.87. The van der Waals surface area contributed by atoms with Crippen LogP contribution in [0.5, 0.6) is 0 Å². The Morgan fingerprint density at radius 1 is 1.64 bits per heavy atom. The Morgan fingerprint density at radius 2 is 2.29 bits per heavy atom. The van der Waals surface area contributed by atoms with Gasteiger partial charge in [-0.3, -0.25) is 4.79 Å². The third-order valence-corrected chi connectivity index (χ3v) is 2.46. The number of carbonyl (C=O) groups excluding carboxylic acids is 1. The Hall–Kier alpha value is -0.610. The lowest BCUT2D eigenvalue weighted by molar-refractivity contribution is -0.120. The zero-order valence-electron chi connectivity index (χ0n) is 9.12. The van der Waals surface area contributed by atoms with E-state index >= 15 is 0 Å². The highest BCUT2D eigenvalue weighted by Gasteiger charge is 2.27. The molecule has 1 aliphatic rings. The molecule has 0 aromatic heterocycles. The van der Waals surface area contributed by atoms with Crippen molar-refractivity contribution in [1.29, 1.82) is 0 Å². The normalized spacial score (nSPS) is 18.5. The first-order chi connectivity index (χ1) is 6.63. The van der Waals surface area contributed by atoms with Gasteiger partial charge < -0.3 is 16.0 Å². The van der Waals surface area contributed by atoms with Gasteiger partial charge >= 0.3 is 0 Å². The van der Waals surface area contributed by atoms with Crippen molar-refractivity contribution in [3.05, 3.63) is 0 Å². The van der Waals surface area contributed by atoms with Gasteiger partial charge in [-0.15, -0.1) is 0 Å².